The van der Waals surface area contributed by atoms with Crippen LogP contribution in [-0.2, 0) is 0 Å². The number of nitrogens with zero attached hydrogens (tertiary/aromatic N) is 5. The fourth-order valence-electron chi connectivity index (χ4n) is 2.57. The van der Waals surface area contributed by atoms with Crippen LogP contribution >= 0.6 is 11.3 Å². The summed E-state index contributed by atoms with van der Waals surface area (Å²) in [5.41, 5.74) is 2.06. The van der Waals surface area contributed by atoms with Crippen LogP contribution < -0.4 is 0 Å². The van der Waals surface area contributed by atoms with Gasteiger partial charge in [0.2, 0.25) is 4.96 Å². The van der Waals surface area contributed by atoms with Crippen molar-refractivity contribution < 1.29 is 14.0 Å². The molecule has 3 aromatic rings. The molecule has 1 aliphatic heterocycles. The monoisotopic (exact) mass is 331 g/mol. The maximum Gasteiger partial charge on any atom is 0.289 e. The minimum absolute atomic E-state index is 0.132. The summed E-state index contributed by atoms with van der Waals surface area (Å²) in [6, 6.07) is 3.33. The number of imidazole rings is 1. The summed E-state index contributed by atoms with van der Waals surface area (Å²) in [6.45, 7) is 1.91. The molecule has 8 nitrogen and oxygen atoms in total. The minimum atomic E-state index is -0.145. The van der Waals surface area contributed by atoms with Crippen molar-refractivity contribution in [2.45, 2.75) is 0 Å². The van der Waals surface area contributed by atoms with Gasteiger partial charge in [0.25, 0.3) is 11.8 Å². The summed E-state index contributed by atoms with van der Waals surface area (Å²) < 4.78 is 6.72. The van der Waals surface area contributed by atoms with E-state index >= 15 is 0 Å². The average Bonchev–Trinajstić information content (AvgIpc) is 3.29. The third kappa shape index (κ3) is 2.48. The van der Waals surface area contributed by atoms with Gasteiger partial charge in [-0.1, -0.05) is 11.3 Å². The lowest BCUT2D eigenvalue weighted by Crippen LogP contribution is -2.50. The van der Waals surface area contributed by atoms with E-state index in [0.717, 1.165) is 0 Å². The van der Waals surface area contributed by atoms with Gasteiger partial charge in [-0.25, -0.2) is 9.50 Å². The van der Waals surface area contributed by atoms with Crippen molar-refractivity contribution in [1.29, 1.82) is 0 Å². The SMILES string of the molecule is O=C(c1cn2ncsc2n1)N1CCN(C(=O)c2ccco2)CC1. The number of hydrogen-bond donors (Lipinski definition) is 0. The first kappa shape index (κ1) is 13.9. The Morgan fingerprint density at radius 3 is 2.52 bits per heavy atom. The quantitative estimate of drug-likeness (QED) is 0.699. The van der Waals surface area contributed by atoms with Gasteiger partial charge < -0.3 is 14.2 Å². The van der Waals surface area contributed by atoms with Crippen molar-refractivity contribution >= 4 is 28.1 Å². The third-order valence-electron chi connectivity index (χ3n) is 3.79. The zero-order valence-electron chi connectivity index (χ0n) is 12.1. The molecule has 0 saturated carbocycles. The second-order valence-corrected chi connectivity index (χ2v) is 5.97. The summed E-state index contributed by atoms with van der Waals surface area (Å²) in [4.78, 5) is 33.0. The molecular weight excluding hydrogens is 318 g/mol. The molecule has 1 fully saturated rings. The predicted octanol–water partition coefficient (Wildman–Crippen LogP) is 0.982. The fraction of sp³-hybridized carbons (Fsp3) is 0.286. The lowest BCUT2D eigenvalue weighted by Gasteiger charge is -2.33. The highest BCUT2D eigenvalue weighted by atomic mass is 32.1. The largest absolute Gasteiger partial charge is 0.459 e. The average molecular weight is 331 g/mol. The van der Waals surface area contributed by atoms with Gasteiger partial charge in [-0.2, -0.15) is 5.10 Å². The Bertz CT molecular complexity index is 816. The molecule has 0 spiro atoms. The predicted molar refractivity (Wildman–Crippen MR) is 81.4 cm³/mol. The summed E-state index contributed by atoms with van der Waals surface area (Å²) in [6.07, 6.45) is 3.11. The van der Waals surface area contributed by atoms with E-state index in [4.69, 9.17) is 4.42 Å². The Balaban J connectivity index is 1.42. The molecule has 0 aromatic carbocycles. The summed E-state index contributed by atoms with van der Waals surface area (Å²) >= 11 is 1.38. The topological polar surface area (TPSA) is 84.0 Å². The molecule has 2 amide bonds. The molecule has 0 bridgehead atoms. The lowest BCUT2D eigenvalue weighted by molar-refractivity contribution is 0.0515. The van der Waals surface area contributed by atoms with Gasteiger partial charge >= 0.3 is 0 Å². The molecule has 4 rings (SSSR count). The molecule has 1 aliphatic rings. The van der Waals surface area contributed by atoms with Crippen LogP contribution in [0.3, 0.4) is 0 Å². The maximum atomic E-state index is 12.5. The highest BCUT2D eigenvalue weighted by molar-refractivity contribution is 7.14. The number of aromatic nitrogens is 3. The van der Waals surface area contributed by atoms with E-state index in [1.165, 1.54) is 17.6 Å². The lowest BCUT2D eigenvalue weighted by atomic mass is 10.2. The molecule has 23 heavy (non-hydrogen) atoms. The number of furan rings is 1. The molecule has 0 N–H and O–H groups in total. The Morgan fingerprint density at radius 1 is 1.13 bits per heavy atom. The zero-order valence-corrected chi connectivity index (χ0v) is 12.9. The molecule has 4 heterocycles. The number of carbonyl (C=O) groups is 2. The van der Waals surface area contributed by atoms with Gasteiger partial charge in [-0.05, 0) is 12.1 Å². The number of carbonyl (C=O) groups excluding carboxylic acids is 2. The Hall–Kier alpha value is -2.68. The van der Waals surface area contributed by atoms with Gasteiger partial charge in [0.05, 0.1) is 12.5 Å². The molecule has 0 aliphatic carbocycles. The first-order chi connectivity index (χ1) is 11.2. The van der Waals surface area contributed by atoms with Gasteiger partial charge in [0.1, 0.15) is 11.2 Å². The van der Waals surface area contributed by atoms with E-state index in [0.29, 0.717) is 42.6 Å². The van der Waals surface area contributed by atoms with E-state index < -0.39 is 0 Å². The summed E-state index contributed by atoms with van der Waals surface area (Å²) in [5, 5.41) is 4.07. The van der Waals surface area contributed by atoms with Gasteiger partial charge in [-0.15, -0.1) is 0 Å². The first-order valence-electron chi connectivity index (χ1n) is 7.13. The van der Waals surface area contributed by atoms with E-state index in [2.05, 4.69) is 10.1 Å². The van der Waals surface area contributed by atoms with Crippen molar-refractivity contribution in [3.8, 4) is 0 Å². The molecule has 0 unspecified atom stereocenters. The Labute approximate surface area is 134 Å². The van der Waals surface area contributed by atoms with E-state index in [1.807, 2.05) is 0 Å². The number of amides is 2. The van der Waals surface area contributed by atoms with Crippen LogP contribution in [0.15, 0.2) is 34.5 Å². The van der Waals surface area contributed by atoms with Crippen LogP contribution in [0, 0.1) is 0 Å². The maximum absolute atomic E-state index is 12.5. The standard InChI is InChI=1S/C14H13N5O3S/c20-12(10-8-19-14(16-10)23-9-15-19)17-3-5-18(6-4-17)13(21)11-2-1-7-22-11/h1-2,7-9H,3-6H2. The van der Waals surface area contributed by atoms with Crippen LogP contribution in [0.25, 0.3) is 4.96 Å². The molecule has 3 aromatic heterocycles. The van der Waals surface area contributed by atoms with E-state index in [1.54, 1.807) is 38.2 Å². The molecule has 0 radical (unpaired) electrons. The summed E-state index contributed by atoms with van der Waals surface area (Å²) in [5.74, 6) is 0.0480. The number of fused-ring (bicyclic) bond motifs is 1. The smallest absolute Gasteiger partial charge is 0.289 e. The number of hydrogen-bond acceptors (Lipinski definition) is 6. The van der Waals surface area contributed by atoms with E-state index in [-0.39, 0.29) is 11.8 Å². The van der Waals surface area contributed by atoms with Crippen molar-refractivity contribution in [3.63, 3.8) is 0 Å². The third-order valence-corrected chi connectivity index (χ3v) is 4.48. The van der Waals surface area contributed by atoms with Crippen molar-refractivity contribution in [1.82, 2.24) is 24.4 Å². The van der Waals surface area contributed by atoms with E-state index in [9.17, 15) is 9.59 Å². The highest BCUT2D eigenvalue weighted by Crippen LogP contribution is 2.14. The second-order valence-electron chi connectivity index (χ2n) is 5.15. The number of rotatable bonds is 2. The molecule has 118 valence electrons. The molecule has 1 saturated heterocycles. The van der Waals surface area contributed by atoms with Gasteiger partial charge in [-0.3, -0.25) is 9.59 Å². The second kappa shape index (κ2) is 5.51. The molecule has 0 atom stereocenters. The fourth-order valence-corrected chi connectivity index (χ4v) is 3.17. The van der Waals surface area contributed by atoms with Crippen LogP contribution in [0.5, 0.6) is 0 Å². The van der Waals surface area contributed by atoms with Crippen molar-refractivity contribution in [2.75, 3.05) is 26.2 Å². The number of piperazine rings is 1. The Morgan fingerprint density at radius 2 is 1.87 bits per heavy atom. The van der Waals surface area contributed by atoms with Crippen LogP contribution in [0.4, 0.5) is 0 Å². The van der Waals surface area contributed by atoms with Crippen molar-refractivity contribution in [3.05, 3.63) is 41.6 Å². The highest BCUT2D eigenvalue weighted by Gasteiger charge is 2.27. The van der Waals surface area contributed by atoms with Crippen LogP contribution in [0.2, 0.25) is 0 Å². The van der Waals surface area contributed by atoms with Gasteiger partial charge in [0.15, 0.2) is 5.76 Å². The molecular formula is C14H13N5O3S. The van der Waals surface area contributed by atoms with Gasteiger partial charge in [0, 0.05) is 26.2 Å². The first-order valence-corrected chi connectivity index (χ1v) is 8.01. The molecule has 9 heteroatoms. The normalized spacial score (nSPS) is 15.3. The van der Waals surface area contributed by atoms with Crippen LogP contribution in [-0.4, -0.2) is 62.4 Å². The van der Waals surface area contributed by atoms with Crippen LogP contribution in [0.1, 0.15) is 21.0 Å². The summed E-state index contributed by atoms with van der Waals surface area (Å²) in [7, 11) is 0. The Kier molecular flexibility index (Phi) is 3.34. The minimum Gasteiger partial charge on any atom is -0.459 e. The zero-order chi connectivity index (χ0) is 15.8. The van der Waals surface area contributed by atoms with Crippen molar-refractivity contribution in [2.24, 2.45) is 0 Å².